The summed E-state index contributed by atoms with van der Waals surface area (Å²) in [6, 6.07) is 0. The molecule has 0 spiro atoms. The predicted molar refractivity (Wildman–Crippen MR) is 67.3 cm³/mol. The summed E-state index contributed by atoms with van der Waals surface area (Å²) < 4.78 is 20.8. The average molecular weight is 252 g/mol. The Kier molecular flexibility index (Phi) is 17.8. The zero-order valence-corrected chi connectivity index (χ0v) is 11.8. The van der Waals surface area contributed by atoms with Gasteiger partial charge in [0, 0.05) is 27.8 Å². The normalized spacial score (nSPS) is 22.2. The summed E-state index contributed by atoms with van der Waals surface area (Å²) in [7, 11) is 4.35. The first-order valence-corrected chi connectivity index (χ1v) is 6.02. The molecule has 0 radical (unpaired) electrons. The molecule has 0 bridgehead atoms. The van der Waals surface area contributed by atoms with Crippen LogP contribution in [0.2, 0.25) is 0 Å². The molecule has 5 nitrogen and oxygen atoms in total. The number of rotatable bonds is 6. The Morgan fingerprint density at radius 2 is 1.76 bits per heavy atom. The van der Waals surface area contributed by atoms with E-state index >= 15 is 0 Å². The molecule has 17 heavy (non-hydrogen) atoms. The Morgan fingerprint density at radius 1 is 1.12 bits per heavy atom. The van der Waals surface area contributed by atoms with E-state index in [9.17, 15) is 0 Å². The molecule has 106 valence electrons. The predicted octanol–water partition coefficient (Wildman–Crippen LogP) is 1.09. The third-order valence-electron chi connectivity index (χ3n) is 2.04. The van der Waals surface area contributed by atoms with Gasteiger partial charge in [0.15, 0.2) is 0 Å². The number of hydrogen-bond acceptors (Lipinski definition) is 5. The van der Waals surface area contributed by atoms with Crippen molar-refractivity contribution in [1.29, 1.82) is 0 Å². The molecule has 1 N–H and O–H groups in total. The Hall–Kier alpha value is -0.200. The van der Waals surface area contributed by atoms with Gasteiger partial charge in [0.25, 0.3) is 0 Å². The first-order valence-electron chi connectivity index (χ1n) is 6.02. The van der Waals surface area contributed by atoms with E-state index in [1.807, 2.05) is 13.8 Å². The fourth-order valence-corrected chi connectivity index (χ4v) is 1.39. The summed E-state index contributed by atoms with van der Waals surface area (Å²) in [5.74, 6) is 0. The van der Waals surface area contributed by atoms with Crippen molar-refractivity contribution < 1.29 is 24.1 Å². The zero-order valence-electron chi connectivity index (χ0n) is 11.8. The summed E-state index contributed by atoms with van der Waals surface area (Å²) in [5.41, 5.74) is 0. The first kappa shape index (κ1) is 19.1. The summed E-state index contributed by atoms with van der Waals surface area (Å²) in [4.78, 5) is 0. The molecule has 1 saturated heterocycles. The van der Waals surface area contributed by atoms with Crippen molar-refractivity contribution >= 4 is 0 Å². The van der Waals surface area contributed by atoms with Crippen molar-refractivity contribution in [3.05, 3.63) is 0 Å². The summed E-state index contributed by atoms with van der Waals surface area (Å²) >= 11 is 0. The molecule has 1 heterocycles. The van der Waals surface area contributed by atoms with Crippen molar-refractivity contribution in [1.82, 2.24) is 0 Å². The lowest BCUT2D eigenvalue weighted by Gasteiger charge is -2.09. The van der Waals surface area contributed by atoms with Crippen LogP contribution in [0, 0.1) is 0 Å². The van der Waals surface area contributed by atoms with Crippen molar-refractivity contribution in [3.63, 3.8) is 0 Å². The molecule has 1 aliphatic rings. The smallest absolute Gasteiger partial charge is 0.0835 e. The second-order valence-corrected chi connectivity index (χ2v) is 3.13. The minimum absolute atomic E-state index is 0.206. The van der Waals surface area contributed by atoms with E-state index in [4.69, 9.17) is 24.1 Å². The van der Waals surface area contributed by atoms with Gasteiger partial charge in [-0.25, -0.2) is 0 Å². The Labute approximate surface area is 105 Å². The van der Waals surface area contributed by atoms with Gasteiger partial charge >= 0.3 is 0 Å². The largest absolute Gasteiger partial charge is 0.400 e. The number of aliphatic hydroxyl groups is 1. The van der Waals surface area contributed by atoms with Crippen LogP contribution in [0.1, 0.15) is 20.3 Å². The maximum Gasteiger partial charge on any atom is 0.0835 e. The molecule has 0 aromatic carbocycles. The van der Waals surface area contributed by atoms with Gasteiger partial charge in [0.2, 0.25) is 0 Å². The van der Waals surface area contributed by atoms with Crippen LogP contribution in [0.4, 0.5) is 0 Å². The molecule has 1 rings (SSSR count). The maximum atomic E-state index is 7.00. The lowest BCUT2D eigenvalue weighted by Crippen LogP contribution is -2.17. The molecular formula is C12H28O5. The van der Waals surface area contributed by atoms with Gasteiger partial charge in [0.1, 0.15) is 0 Å². The molecule has 0 aliphatic carbocycles. The number of hydrogen-bond donors (Lipinski definition) is 1. The van der Waals surface area contributed by atoms with E-state index in [0.717, 1.165) is 13.5 Å². The van der Waals surface area contributed by atoms with Crippen LogP contribution >= 0.6 is 0 Å². The molecule has 0 saturated carbocycles. The Morgan fingerprint density at radius 3 is 2.29 bits per heavy atom. The molecular weight excluding hydrogens is 224 g/mol. The molecule has 1 aliphatic heterocycles. The lowest BCUT2D eigenvalue weighted by atomic mass is 10.2. The van der Waals surface area contributed by atoms with Crippen molar-refractivity contribution in [3.8, 4) is 0 Å². The molecule has 2 atom stereocenters. The van der Waals surface area contributed by atoms with Gasteiger partial charge in [-0.05, 0) is 0 Å². The third-order valence-corrected chi connectivity index (χ3v) is 2.04. The van der Waals surface area contributed by atoms with Crippen molar-refractivity contribution in [2.45, 2.75) is 32.5 Å². The van der Waals surface area contributed by atoms with E-state index in [0.29, 0.717) is 26.4 Å². The SMILES string of the molecule is CC.CO.COCCOC1COC(COC)C1. The monoisotopic (exact) mass is 252 g/mol. The van der Waals surface area contributed by atoms with Gasteiger partial charge in [-0.15, -0.1) is 0 Å². The first-order chi connectivity index (χ1) is 8.36. The number of methoxy groups -OCH3 is 2. The molecule has 0 aromatic heterocycles. The topological polar surface area (TPSA) is 57.2 Å². The third kappa shape index (κ3) is 10.7. The molecule has 5 heteroatoms. The molecule has 2 unspecified atom stereocenters. The van der Waals surface area contributed by atoms with E-state index in [2.05, 4.69) is 0 Å². The summed E-state index contributed by atoms with van der Waals surface area (Å²) in [5, 5.41) is 7.00. The standard InChI is InChI=1S/C9H18O4.C2H6.CH4O/c1-10-3-4-12-9-5-8(6-11-2)13-7-9;2*1-2/h8-9H,3-7H2,1-2H3;1-2H3;2H,1H3. The van der Waals surface area contributed by atoms with E-state index in [-0.39, 0.29) is 12.2 Å². The van der Waals surface area contributed by atoms with Crippen LogP contribution in [-0.4, -0.2) is 65.1 Å². The highest BCUT2D eigenvalue weighted by Crippen LogP contribution is 2.16. The summed E-state index contributed by atoms with van der Waals surface area (Å²) in [6.45, 7) is 6.62. The van der Waals surface area contributed by atoms with Crippen LogP contribution in [-0.2, 0) is 18.9 Å². The average Bonchev–Trinajstić information content (AvgIpc) is 2.83. The van der Waals surface area contributed by atoms with Crippen LogP contribution in [0.25, 0.3) is 0 Å². The van der Waals surface area contributed by atoms with Crippen molar-refractivity contribution in [2.75, 3.05) is 47.8 Å². The maximum absolute atomic E-state index is 7.00. The van der Waals surface area contributed by atoms with Gasteiger partial charge in [-0.2, -0.15) is 0 Å². The quantitative estimate of drug-likeness (QED) is 0.717. The van der Waals surface area contributed by atoms with Crippen LogP contribution in [0.15, 0.2) is 0 Å². The second-order valence-electron chi connectivity index (χ2n) is 3.13. The highest BCUT2D eigenvalue weighted by molar-refractivity contribution is 4.73. The number of aliphatic hydroxyl groups excluding tert-OH is 1. The highest BCUT2D eigenvalue weighted by Gasteiger charge is 2.25. The van der Waals surface area contributed by atoms with E-state index in [1.165, 1.54) is 0 Å². The van der Waals surface area contributed by atoms with Crippen LogP contribution < -0.4 is 0 Å². The van der Waals surface area contributed by atoms with E-state index in [1.54, 1.807) is 14.2 Å². The van der Waals surface area contributed by atoms with Crippen LogP contribution in [0.5, 0.6) is 0 Å². The zero-order chi connectivity index (χ0) is 13.5. The minimum Gasteiger partial charge on any atom is -0.400 e. The lowest BCUT2D eigenvalue weighted by molar-refractivity contribution is 0.00541. The van der Waals surface area contributed by atoms with Crippen molar-refractivity contribution in [2.24, 2.45) is 0 Å². The van der Waals surface area contributed by atoms with Gasteiger partial charge in [0.05, 0.1) is 38.6 Å². The van der Waals surface area contributed by atoms with Crippen LogP contribution in [0.3, 0.4) is 0 Å². The molecule has 0 aromatic rings. The molecule has 1 fully saturated rings. The van der Waals surface area contributed by atoms with Gasteiger partial charge < -0.3 is 24.1 Å². The summed E-state index contributed by atoms with van der Waals surface area (Å²) in [6.07, 6.45) is 1.35. The number of ether oxygens (including phenoxy) is 4. The fraction of sp³-hybridized carbons (Fsp3) is 1.00. The second kappa shape index (κ2) is 15.8. The fourth-order valence-electron chi connectivity index (χ4n) is 1.39. The van der Waals surface area contributed by atoms with Gasteiger partial charge in [-0.3, -0.25) is 0 Å². The Bertz CT molecular complexity index is 132. The van der Waals surface area contributed by atoms with E-state index < -0.39 is 0 Å². The highest BCUT2D eigenvalue weighted by atomic mass is 16.6. The molecule has 0 amide bonds. The van der Waals surface area contributed by atoms with Gasteiger partial charge in [-0.1, -0.05) is 13.8 Å². The minimum atomic E-state index is 0.206. The Balaban J connectivity index is 0.